The summed E-state index contributed by atoms with van der Waals surface area (Å²) < 4.78 is 39.6. The van der Waals surface area contributed by atoms with Crippen LogP contribution in [0, 0.1) is 0 Å². The highest BCUT2D eigenvalue weighted by molar-refractivity contribution is 5.96. The fourth-order valence-electron chi connectivity index (χ4n) is 3.27. The van der Waals surface area contributed by atoms with E-state index in [4.69, 9.17) is 0 Å². The number of aromatic nitrogens is 2. The third-order valence-electron chi connectivity index (χ3n) is 4.63. The minimum atomic E-state index is -4.43. The molecule has 2 aromatic carbocycles. The molecule has 0 spiro atoms. The second-order valence-electron chi connectivity index (χ2n) is 6.54. The molecule has 1 aromatic heterocycles. The van der Waals surface area contributed by atoms with Gasteiger partial charge < -0.3 is 4.98 Å². The molecule has 142 valence electrons. The number of alkyl halides is 3. The minimum Gasteiger partial charge on any atom is -0.310 e. The summed E-state index contributed by atoms with van der Waals surface area (Å²) in [5, 5.41) is 0.525. The van der Waals surface area contributed by atoms with Crippen LogP contribution in [0.15, 0.2) is 64.4 Å². The molecule has 2 heterocycles. The van der Waals surface area contributed by atoms with Crippen molar-refractivity contribution in [2.24, 2.45) is 4.99 Å². The first-order chi connectivity index (χ1) is 13.4. The molecule has 4 rings (SSSR count). The summed E-state index contributed by atoms with van der Waals surface area (Å²) in [6.45, 7) is 0. The molecule has 0 radical (unpaired) electrons. The van der Waals surface area contributed by atoms with Gasteiger partial charge >= 0.3 is 6.18 Å². The van der Waals surface area contributed by atoms with E-state index in [1.165, 1.54) is 12.1 Å². The molecule has 3 aromatic rings. The van der Waals surface area contributed by atoms with E-state index in [2.05, 4.69) is 15.0 Å². The van der Waals surface area contributed by atoms with Crippen LogP contribution >= 0.6 is 0 Å². The third kappa shape index (κ3) is 3.60. The van der Waals surface area contributed by atoms with Gasteiger partial charge in [-0.05, 0) is 24.6 Å². The summed E-state index contributed by atoms with van der Waals surface area (Å²) in [6.07, 6.45) is -1.27. The number of fused-ring (bicyclic) bond motifs is 1. The Kier molecular flexibility index (Phi) is 4.58. The fraction of sp³-hybridized carbons (Fsp3) is 0.190. The molecule has 7 heteroatoms. The van der Waals surface area contributed by atoms with Gasteiger partial charge in [-0.3, -0.25) is 9.79 Å². The van der Waals surface area contributed by atoms with Crippen LogP contribution in [0.1, 0.15) is 29.8 Å². The second kappa shape index (κ2) is 7.07. The minimum absolute atomic E-state index is 0.0854. The number of aliphatic imine (C=N–C) groups is 1. The van der Waals surface area contributed by atoms with Crippen molar-refractivity contribution in [1.82, 2.24) is 9.97 Å². The quantitative estimate of drug-likeness (QED) is 0.706. The van der Waals surface area contributed by atoms with E-state index in [9.17, 15) is 18.0 Å². The van der Waals surface area contributed by atoms with Gasteiger partial charge in [0.25, 0.3) is 5.56 Å². The van der Waals surface area contributed by atoms with E-state index in [-0.39, 0.29) is 11.1 Å². The molecule has 1 aliphatic rings. The van der Waals surface area contributed by atoms with Crippen LogP contribution in [0.2, 0.25) is 0 Å². The number of para-hydroxylation sites is 1. The van der Waals surface area contributed by atoms with E-state index in [0.717, 1.165) is 11.8 Å². The summed E-state index contributed by atoms with van der Waals surface area (Å²) >= 11 is 0. The zero-order valence-corrected chi connectivity index (χ0v) is 14.8. The van der Waals surface area contributed by atoms with Crippen LogP contribution < -0.4 is 5.56 Å². The van der Waals surface area contributed by atoms with Crippen molar-refractivity contribution in [2.45, 2.75) is 25.4 Å². The lowest BCUT2D eigenvalue weighted by molar-refractivity contribution is -0.137. The topological polar surface area (TPSA) is 58.1 Å². The van der Waals surface area contributed by atoms with Crippen LogP contribution in [0.4, 0.5) is 13.2 Å². The van der Waals surface area contributed by atoms with Crippen LogP contribution in [0.3, 0.4) is 0 Å². The SMILES string of the molecule is O=c1[nH]c(CCC2=NC(c3ccccc3C(F)(F)F)=CC2)nc2ccccc12. The normalized spacial score (nSPS) is 14.2. The van der Waals surface area contributed by atoms with Gasteiger partial charge in [0.05, 0.1) is 22.2 Å². The first-order valence-electron chi connectivity index (χ1n) is 8.83. The number of nitrogens with zero attached hydrogens (tertiary/aromatic N) is 2. The first-order valence-corrected chi connectivity index (χ1v) is 8.83. The van der Waals surface area contributed by atoms with Crippen molar-refractivity contribution in [1.29, 1.82) is 0 Å². The van der Waals surface area contributed by atoms with Gasteiger partial charge in [0.1, 0.15) is 5.82 Å². The zero-order valence-electron chi connectivity index (χ0n) is 14.8. The fourth-order valence-corrected chi connectivity index (χ4v) is 3.27. The molecule has 1 aliphatic heterocycles. The maximum Gasteiger partial charge on any atom is 0.417 e. The second-order valence-corrected chi connectivity index (χ2v) is 6.54. The Morgan fingerprint density at radius 2 is 1.75 bits per heavy atom. The zero-order chi connectivity index (χ0) is 19.7. The van der Waals surface area contributed by atoms with Gasteiger partial charge in [0.15, 0.2) is 0 Å². The maximum absolute atomic E-state index is 13.2. The third-order valence-corrected chi connectivity index (χ3v) is 4.63. The average molecular weight is 383 g/mol. The Morgan fingerprint density at radius 3 is 2.57 bits per heavy atom. The van der Waals surface area contributed by atoms with Gasteiger partial charge in [-0.2, -0.15) is 13.2 Å². The largest absolute Gasteiger partial charge is 0.417 e. The molecular weight excluding hydrogens is 367 g/mol. The Bertz CT molecular complexity index is 1160. The highest BCUT2D eigenvalue weighted by Crippen LogP contribution is 2.36. The standard InChI is InChI=1S/C21H16F3N3O/c22-21(23,24)16-7-3-1-5-14(16)18-11-9-13(25-18)10-12-19-26-17-8-4-2-6-15(17)20(28)27-19/h1-8,11H,9-10,12H2,(H,26,27,28). The van der Waals surface area contributed by atoms with E-state index in [0.29, 0.717) is 41.7 Å². The average Bonchev–Trinajstić information content (AvgIpc) is 3.15. The smallest absolute Gasteiger partial charge is 0.310 e. The molecule has 0 atom stereocenters. The molecule has 0 fully saturated rings. The number of hydrogen-bond donors (Lipinski definition) is 1. The van der Waals surface area contributed by atoms with Gasteiger partial charge in [0.2, 0.25) is 0 Å². The van der Waals surface area contributed by atoms with Gasteiger partial charge in [-0.15, -0.1) is 0 Å². The van der Waals surface area contributed by atoms with Crippen molar-refractivity contribution < 1.29 is 13.2 Å². The van der Waals surface area contributed by atoms with Crippen molar-refractivity contribution in [2.75, 3.05) is 0 Å². The molecule has 1 N–H and O–H groups in total. The van der Waals surface area contributed by atoms with Crippen molar-refractivity contribution in [3.05, 3.63) is 81.9 Å². The number of hydrogen-bond acceptors (Lipinski definition) is 3. The van der Waals surface area contributed by atoms with E-state index < -0.39 is 11.7 Å². The summed E-state index contributed by atoms with van der Waals surface area (Å²) in [6, 6.07) is 12.5. The molecule has 0 aliphatic carbocycles. The number of rotatable bonds is 4. The number of allylic oxidation sites excluding steroid dienone is 1. The number of aromatic amines is 1. The molecule has 0 saturated carbocycles. The molecule has 0 amide bonds. The van der Waals surface area contributed by atoms with Crippen LogP contribution in [-0.2, 0) is 12.6 Å². The Labute approximate surface area is 158 Å². The predicted molar refractivity (Wildman–Crippen MR) is 102 cm³/mol. The van der Waals surface area contributed by atoms with Gasteiger partial charge in [-0.1, -0.05) is 36.4 Å². The number of halogens is 3. The maximum atomic E-state index is 13.2. The number of nitrogens with one attached hydrogen (secondary N) is 1. The van der Waals surface area contributed by atoms with Crippen LogP contribution in [-0.4, -0.2) is 15.7 Å². The predicted octanol–water partition coefficient (Wildman–Crippen LogP) is 4.76. The summed E-state index contributed by atoms with van der Waals surface area (Å²) in [5.74, 6) is 0.538. The lowest BCUT2D eigenvalue weighted by Gasteiger charge is -2.11. The first kappa shape index (κ1) is 18.2. The lowest BCUT2D eigenvalue weighted by atomic mass is 10.0. The molecular formula is C21H16F3N3O. The summed E-state index contributed by atoms with van der Waals surface area (Å²) in [5.41, 5.74) is 0.916. The Morgan fingerprint density at radius 1 is 1.00 bits per heavy atom. The monoisotopic (exact) mass is 383 g/mol. The highest BCUT2D eigenvalue weighted by Gasteiger charge is 2.34. The Hall–Kier alpha value is -3.22. The molecule has 28 heavy (non-hydrogen) atoms. The van der Waals surface area contributed by atoms with E-state index in [1.807, 2.05) is 6.07 Å². The summed E-state index contributed by atoms with van der Waals surface area (Å²) in [7, 11) is 0. The van der Waals surface area contributed by atoms with Gasteiger partial charge in [-0.25, -0.2) is 4.98 Å². The highest BCUT2D eigenvalue weighted by atomic mass is 19.4. The van der Waals surface area contributed by atoms with Crippen LogP contribution in [0.5, 0.6) is 0 Å². The van der Waals surface area contributed by atoms with E-state index in [1.54, 1.807) is 30.3 Å². The number of benzene rings is 2. The van der Waals surface area contributed by atoms with Crippen molar-refractivity contribution >= 4 is 22.3 Å². The molecule has 0 unspecified atom stereocenters. The molecule has 0 saturated heterocycles. The van der Waals surface area contributed by atoms with Gasteiger partial charge in [0, 0.05) is 24.1 Å². The lowest BCUT2D eigenvalue weighted by Crippen LogP contribution is -2.12. The van der Waals surface area contributed by atoms with Crippen molar-refractivity contribution in [3.63, 3.8) is 0 Å². The molecule has 0 bridgehead atoms. The van der Waals surface area contributed by atoms with Crippen LogP contribution in [0.25, 0.3) is 16.6 Å². The van der Waals surface area contributed by atoms with Crippen molar-refractivity contribution in [3.8, 4) is 0 Å². The summed E-state index contributed by atoms with van der Waals surface area (Å²) in [4.78, 5) is 23.7. The number of H-pyrrole nitrogens is 1. The Balaban J connectivity index is 1.52. The van der Waals surface area contributed by atoms with E-state index >= 15 is 0 Å². The number of aryl methyl sites for hydroxylation is 1. The molecule has 4 nitrogen and oxygen atoms in total.